The van der Waals surface area contributed by atoms with E-state index >= 15 is 0 Å². The summed E-state index contributed by atoms with van der Waals surface area (Å²) >= 11 is 4.28. The number of hydrogen-bond donors (Lipinski definition) is 1. The molecule has 0 saturated heterocycles. The minimum absolute atomic E-state index is 0.0858. The highest BCUT2D eigenvalue weighted by molar-refractivity contribution is 9.11. The number of rotatable bonds is 4. The van der Waals surface area contributed by atoms with Crippen LogP contribution in [0.4, 0.5) is 32.0 Å². The SMILES string of the molecule is Cc1nc(Br)sc1C(=O)Nc1cnn(C(C)c2ccc(C(F)(F)F)cc2C(F)(F)F)c1. The van der Waals surface area contributed by atoms with Gasteiger partial charge in [0, 0.05) is 6.20 Å². The van der Waals surface area contributed by atoms with Crippen molar-refractivity contribution in [2.24, 2.45) is 0 Å². The molecule has 31 heavy (non-hydrogen) atoms. The number of carbonyl (C=O) groups excluding carboxylic acids is 1. The Morgan fingerprint density at radius 3 is 2.42 bits per heavy atom. The molecule has 3 aromatic rings. The van der Waals surface area contributed by atoms with E-state index < -0.39 is 35.4 Å². The van der Waals surface area contributed by atoms with Crippen LogP contribution >= 0.6 is 27.3 Å². The molecule has 1 atom stereocenters. The van der Waals surface area contributed by atoms with Gasteiger partial charge in [0.2, 0.25) is 0 Å². The average Bonchev–Trinajstić information content (AvgIpc) is 3.25. The van der Waals surface area contributed by atoms with Crippen LogP contribution in [-0.4, -0.2) is 20.7 Å². The number of benzene rings is 1. The van der Waals surface area contributed by atoms with Gasteiger partial charge in [0.1, 0.15) is 4.88 Å². The third-order valence-corrected chi connectivity index (χ3v) is 5.98. The van der Waals surface area contributed by atoms with Crippen molar-refractivity contribution in [3.63, 3.8) is 0 Å². The first-order valence-corrected chi connectivity index (χ1v) is 10.1. The first-order valence-electron chi connectivity index (χ1n) is 8.54. The molecule has 2 aromatic heterocycles. The molecule has 1 N–H and O–H groups in total. The number of alkyl halides is 6. The van der Waals surface area contributed by atoms with Crippen molar-refractivity contribution in [3.8, 4) is 0 Å². The summed E-state index contributed by atoms with van der Waals surface area (Å²) in [6, 6.07) is 0.415. The Hall–Kier alpha value is -2.41. The van der Waals surface area contributed by atoms with Crippen molar-refractivity contribution < 1.29 is 31.1 Å². The summed E-state index contributed by atoms with van der Waals surface area (Å²) in [5.74, 6) is -0.474. The molecular weight excluding hydrogens is 514 g/mol. The van der Waals surface area contributed by atoms with Crippen molar-refractivity contribution >= 4 is 38.9 Å². The summed E-state index contributed by atoms with van der Waals surface area (Å²) in [4.78, 5) is 16.8. The fourth-order valence-electron chi connectivity index (χ4n) is 2.86. The van der Waals surface area contributed by atoms with Crippen molar-refractivity contribution in [1.82, 2.24) is 14.8 Å². The molecule has 1 aromatic carbocycles. The lowest BCUT2D eigenvalue weighted by atomic mass is 9.98. The summed E-state index contributed by atoms with van der Waals surface area (Å²) in [7, 11) is 0. The number of aryl methyl sites for hydroxylation is 1. The monoisotopic (exact) mass is 526 g/mol. The summed E-state index contributed by atoms with van der Waals surface area (Å²) in [5.41, 5.74) is -2.48. The zero-order chi connectivity index (χ0) is 23.1. The van der Waals surface area contributed by atoms with Gasteiger partial charge in [-0.1, -0.05) is 6.07 Å². The maximum Gasteiger partial charge on any atom is 0.416 e. The Morgan fingerprint density at radius 2 is 1.87 bits per heavy atom. The van der Waals surface area contributed by atoms with Gasteiger partial charge in [0.25, 0.3) is 5.91 Å². The largest absolute Gasteiger partial charge is 0.416 e. The second-order valence-electron chi connectivity index (χ2n) is 6.52. The average molecular weight is 527 g/mol. The number of nitrogens with one attached hydrogen (secondary N) is 1. The number of aromatic nitrogens is 3. The molecule has 1 unspecified atom stereocenters. The number of nitrogens with zero attached hydrogens (tertiary/aromatic N) is 3. The van der Waals surface area contributed by atoms with Gasteiger partial charge in [-0.25, -0.2) is 4.98 Å². The van der Waals surface area contributed by atoms with Crippen LogP contribution < -0.4 is 5.32 Å². The molecule has 2 heterocycles. The van der Waals surface area contributed by atoms with E-state index in [1.165, 1.54) is 19.3 Å². The molecule has 0 spiro atoms. The summed E-state index contributed by atoms with van der Waals surface area (Å²) in [5, 5.41) is 6.52. The van der Waals surface area contributed by atoms with Crippen LogP contribution in [0.2, 0.25) is 0 Å². The van der Waals surface area contributed by atoms with Crippen LogP contribution in [0.15, 0.2) is 34.5 Å². The number of anilines is 1. The first-order chi connectivity index (χ1) is 14.3. The molecule has 0 saturated carbocycles. The standard InChI is InChI=1S/C18H13BrF6N4OS/c1-8-14(31-16(19)27-8)15(30)28-11-6-26-29(7-11)9(2)12-4-3-10(17(20,21)22)5-13(12)18(23,24)25/h3-7,9H,1-2H3,(H,28,30). The quantitative estimate of drug-likeness (QED) is 0.405. The Balaban J connectivity index is 1.89. The van der Waals surface area contributed by atoms with E-state index in [9.17, 15) is 31.1 Å². The first kappa shape index (κ1) is 23.3. The molecule has 1 amide bonds. The molecule has 166 valence electrons. The lowest BCUT2D eigenvalue weighted by Crippen LogP contribution is -2.17. The van der Waals surface area contributed by atoms with Crippen LogP contribution in [0.5, 0.6) is 0 Å². The second-order valence-corrected chi connectivity index (χ2v) is 8.79. The van der Waals surface area contributed by atoms with Gasteiger partial charge in [-0.2, -0.15) is 31.4 Å². The number of halogens is 7. The fraction of sp³-hybridized carbons (Fsp3) is 0.278. The smallest absolute Gasteiger partial charge is 0.319 e. The van der Waals surface area contributed by atoms with Crippen LogP contribution in [0.1, 0.15) is 45.0 Å². The molecule has 13 heteroatoms. The van der Waals surface area contributed by atoms with Crippen LogP contribution in [-0.2, 0) is 12.4 Å². The normalized spacial score (nSPS) is 13.3. The lowest BCUT2D eigenvalue weighted by molar-refractivity contribution is -0.143. The van der Waals surface area contributed by atoms with Gasteiger partial charge < -0.3 is 5.32 Å². The summed E-state index contributed by atoms with van der Waals surface area (Å²) in [6.45, 7) is 3.01. The third-order valence-electron chi connectivity index (χ3n) is 4.37. The molecule has 0 fully saturated rings. The Kier molecular flexibility index (Phi) is 6.20. The highest BCUT2D eigenvalue weighted by atomic mass is 79.9. The molecule has 0 aliphatic heterocycles. The highest BCUT2D eigenvalue weighted by Gasteiger charge is 2.39. The molecule has 5 nitrogen and oxygen atoms in total. The van der Waals surface area contributed by atoms with Crippen LogP contribution in [0.25, 0.3) is 0 Å². The lowest BCUT2D eigenvalue weighted by Gasteiger charge is -2.20. The summed E-state index contributed by atoms with van der Waals surface area (Å²) in [6.07, 6.45) is -7.37. The topological polar surface area (TPSA) is 59.8 Å². The number of amides is 1. The van der Waals surface area contributed by atoms with Crippen LogP contribution in [0, 0.1) is 6.92 Å². The number of carbonyl (C=O) groups is 1. The molecule has 0 bridgehead atoms. The van der Waals surface area contributed by atoms with Gasteiger partial charge in [-0.3, -0.25) is 9.48 Å². The molecule has 0 radical (unpaired) electrons. The Morgan fingerprint density at radius 1 is 1.19 bits per heavy atom. The maximum absolute atomic E-state index is 13.4. The van der Waals surface area contributed by atoms with Crippen molar-refractivity contribution in [2.45, 2.75) is 32.2 Å². The zero-order valence-corrected chi connectivity index (χ0v) is 18.2. The third kappa shape index (κ3) is 5.09. The van der Waals surface area contributed by atoms with Gasteiger partial charge in [-0.05, 0) is 47.5 Å². The highest BCUT2D eigenvalue weighted by Crippen LogP contribution is 2.39. The van der Waals surface area contributed by atoms with E-state index in [2.05, 4.69) is 31.3 Å². The summed E-state index contributed by atoms with van der Waals surface area (Å²) < 4.78 is 80.6. The van der Waals surface area contributed by atoms with Gasteiger partial charge in [0.05, 0.1) is 34.7 Å². The molecule has 3 rings (SSSR count). The van der Waals surface area contributed by atoms with E-state index in [1.807, 2.05) is 0 Å². The predicted octanol–water partition coefficient (Wildman–Crippen LogP) is 6.31. The van der Waals surface area contributed by atoms with E-state index in [0.29, 0.717) is 20.6 Å². The molecular formula is C18H13BrF6N4OS. The van der Waals surface area contributed by atoms with Gasteiger partial charge >= 0.3 is 12.4 Å². The van der Waals surface area contributed by atoms with Gasteiger partial charge in [0.15, 0.2) is 3.92 Å². The van der Waals surface area contributed by atoms with Crippen molar-refractivity contribution in [2.75, 3.05) is 5.32 Å². The Bertz CT molecular complexity index is 1120. The van der Waals surface area contributed by atoms with E-state index in [0.717, 1.165) is 22.1 Å². The second kappa shape index (κ2) is 8.26. The fourth-order valence-corrected chi connectivity index (χ4v) is 4.30. The zero-order valence-electron chi connectivity index (χ0n) is 15.8. The van der Waals surface area contributed by atoms with E-state index in [1.54, 1.807) is 6.92 Å². The minimum Gasteiger partial charge on any atom is -0.319 e. The van der Waals surface area contributed by atoms with Crippen molar-refractivity contribution in [1.29, 1.82) is 0 Å². The van der Waals surface area contributed by atoms with Crippen molar-refractivity contribution in [3.05, 3.63) is 61.8 Å². The number of thiazole rings is 1. The maximum atomic E-state index is 13.4. The molecule has 0 aliphatic rings. The van der Waals surface area contributed by atoms with Crippen LogP contribution in [0.3, 0.4) is 0 Å². The Labute approximate surface area is 184 Å². The van der Waals surface area contributed by atoms with E-state index in [4.69, 9.17) is 0 Å². The molecule has 0 aliphatic carbocycles. The van der Waals surface area contributed by atoms with Gasteiger partial charge in [-0.15, -0.1) is 11.3 Å². The van der Waals surface area contributed by atoms with E-state index in [-0.39, 0.29) is 17.3 Å². The predicted molar refractivity (Wildman–Crippen MR) is 105 cm³/mol. The number of hydrogen-bond acceptors (Lipinski definition) is 4. The minimum atomic E-state index is -4.99.